The summed E-state index contributed by atoms with van der Waals surface area (Å²) in [5.41, 5.74) is 5.87. The molecular formula is C13H24N2O. The van der Waals surface area contributed by atoms with Crippen molar-refractivity contribution in [1.29, 1.82) is 0 Å². The molecule has 92 valence electrons. The van der Waals surface area contributed by atoms with Gasteiger partial charge in [0.1, 0.15) is 0 Å². The fourth-order valence-corrected chi connectivity index (χ4v) is 2.80. The quantitative estimate of drug-likeness (QED) is 0.704. The second-order valence-electron chi connectivity index (χ2n) is 5.38. The Morgan fingerprint density at radius 3 is 2.38 bits per heavy atom. The molecule has 2 rings (SSSR count). The third-order valence-corrected chi connectivity index (χ3v) is 4.01. The van der Waals surface area contributed by atoms with Gasteiger partial charge in [0, 0.05) is 24.2 Å². The zero-order valence-electron chi connectivity index (χ0n) is 10.0. The van der Waals surface area contributed by atoms with Crippen molar-refractivity contribution in [2.24, 2.45) is 16.6 Å². The maximum Gasteiger partial charge on any atom is 0.0617 e. The summed E-state index contributed by atoms with van der Waals surface area (Å²) in [6, 6.07) is 0.862. The number of hydrogen-bond acceptors (Lipinski definition) is 3. The maximum absolute atomic E-state index is 9.83. The monoisotopic (exact) mass is 224 g/mol. The highest BCUT2D eigenvalue weighted by atomic mass is 16.3. The molecule has 2 unspecified atom stereocenters. The Morgan fingerprint density at radius 2 is 1.69 bits per heavy atom. The van der Waals surface area contributed by atoms with Crippen molar-refractivity contribution in [3.8, 4) is 0 Å². The predicted octanol–water partition coefficient (Wildman–Crippen LogP) is 1.88. The van der Waals surface area contributed by atoms with Gasteiger partial charge < -0.3 is 10.8 Å². The number of rotatable bonds is 2. The topological polar surface area (TPSA) is 58.6 Å². The summed E-state index contributed by atoms with van der Waals surface area (Å²) in [5, 5.41) is 9.83. The Kier molecular flexibility index (Phi) is 4.36. The van der Waals surface area contributed by atoms with E-state index < -0.39 is 0 Å². The van der Waals surface area contributed by atoms with Crippen LogP contribution in [0.5, 0.6) is 0 Å². The molecule has 0 heterocycles. The van der Waals surface area contributed by atoms with E-state index in [1.807, 2.05) is 6.21 Å². The zero-order chi connectivity index (χ0) is 11.4. The Balaban J connectivity index is 1.79. The minimum atomic E-state index is -0.150. The maximum atomic E-state index is 9.83. The molecule has 16 heavy (non-hydrogen) atoms. The van der Waals surface area contributed by atoms with Gasteiger partial charge >= 0.3 is 0 Å². The van der Waals surface area contributed by atoms with Crippen molar-refractivity contribution in [3.63, 3.8) is 0 Å². The van der Waals surface area contributed by atoms with Crippen LogP contribution in [0.1, 0.15) is 51.4 Å². The molecule has 0 spiro atoms. The lowest BCUT2D eigenvalue weighted by atomic mass is 9.87. The van der Waals surface area contributed by atoms with E-state index in [1.165, 1.54) is 12.8 Å². The molecule has 3 nitrogen and oxygen atoms in total. The second-order valence-corrected chi connectivity index (χ2v) is 5.38. The molecule has 2 atom stereocenters. The first-order valence-corrected chi connectivity index (χ1v) is 6.72. The van der Waals surface area contributed by atoms with Crippen molar-refractivity contribution < 1.29 is 5.11 Å². The zero-order valence-corrected chi connectivity index (χ0v) is 10.0. The molecular weight excluding hydrogens is 200 g/mol. The number of aliphatic hydroxyl groups excluding tert-OH is 1. The summed E-state index contributed by atoms with van der Waals surface area (Å²) in [4.78, 5) is 4.65. The molecule has 0 bridgehead atoms. The number of aliphatic hydroxyl groups is 1. The van der Waals surface area contributed by atoms with Crippen LogP contribution in [0.15, 0.2) is 4.99 Å². The minimum Gasteiger partial charge on any atom is -0.392 e. The Hall–Kier alpha value is -0.410. The summed E-state index contributed by atoms with van der Waals surface area (Å²) in [6.07, 6.45) is 10.8. The molecule has 2 saturated carbocycles. The van der Waals surface area contributed by atoms with Crippen molar-refractivity contribution in [1.82, 2.24) is 0 Å². The van der Waals surface area contributed by atoms with Crippen LogP contribution in [0.4, 0.5) is 0 Å². The average molecular weight is 224 g/mol. The summed E-state index contributed by atoms with van der Waals surface area (Å²) >= 11 is 0. The first-order valence-electron chi connectivity index (χ1n) is 6.72. The van der Waals surface area contributed by atoms with Crippen LogP contribution in [0.2, 0.25) is 0 Å². The second kappa shape index (κ2) is 5.78. The highest BCUT2D eigenvalue weighted by Crippen LogP contribution is 2.24. The van der Waals surface area contributed by atoms with Gasteiger partial charge in [-0.05, 0) is 38.5 Å². The highest BCUT2D eigenvalue weighted by Gasteiger charge is 2.22. The molecule has 2 aliphatic carbocycles. The van der Waals surface area contributed by atoms with E-state index in [1.54, 1.807) is 0 Å². The van der Waals surface area contributed by atoms with Gasteiger partial charge in [-0.1, -0.05) is 12.8 Å². The van der Waals surface area contributed by atoms with E-state index >= 15 is 0 Å². The first kappa shape index (κ1) is 12.1. The lowest BCUT2D eigenvalue weighted by Gasteiger charge is -2.26. The van der Waals surface area contributed by atoms with Gasteiger partial charge in [-0.3, -0.25) is 4.99 Å². The van der Waals surface area contributed by atoms with Gasteiger partial charge in [0.2, 0.25) is 0 Å². The fourth-order valence-electron chi connectivity index (χ4n) is 2.80. The summed E-state index contributed by atoms with van der Waals surface area (Å²) < 4.78 is 0. The van der Waals surface area contributed by atoms with Gasteiger partial charge in [-0.2, -0.15) is 0 Å². The smallest absolute Gasteiger partial charge is 0.0617 e. The van der Waals surface area contributed by atoms with Gasteiger partial charge in [0.05, 0.1) is 6.10 Å². The van der Waals surface area contributed by atoms with Crippen LogP contribution >= 0.6 is 0 Å². The third kappa shape index (κ3) is 3.29. The first-order chi connectivity index (χ1) is 7.75. The highest BCUT2D eigenvalue weighted by molar-refractivity contribution is 5.62. The molecule has 0 radical (unpaired) electrons. The van der Waals surface area contributed by atoms with E-state index in [0.29, 0.717) is 18.0 Å². The molecule has 0 aromatic rings. The molecule has 0 amide bonds. The van der Waals surface area contributed by atoms with Crippen LogP contribution in [0, 0.1) is 5.92 Å². The molecule has 0 aliphatic heterocycles. The molecule has 3 N–H and O–H groups in total. The SMILES string of the molecule is NC1CCC(N=CC2CCCCC2O)CC1. The molecule has 2 aliphatic rings. The van der Waals surface area contributed by atoms with Crippen LogP contribution < -0.4 is 5.73 Å². The molecule has 0 saturated heterocycles. The number of hydrogen-bond donors (Lipinski definition) is 2. The van der Waals surface area contributed by atoms with Crippen LogP contribution in [0.3, 0.4) is 0 Å². The number of aliphatic imine (C=N–C) groups is 1. The summed E-state index contributed by atoms with van der Waals surface area (Å²) in [5.74, 6) is 0.310. The standard InChI is InChI=1S/C13H24N2O/c14-11-5-7-12(8-6-11)15-9-10-3-1-2-4-13(10)16/h9-13,16H,1-8,14H2. The van der Waals surface area contributed by atoms with Gasteiger partial charge in [-0.25, -0.2) is 0 Å². The normalized spacial score (nSPS) is 41.4. The predicted molar refractivity (Wildman–Crippen MR) is 66.7 cm³/mol. The summed E-state index contributed by atoms with van der Waals surface area (Å²) in [6.45, 7) is 0. The van der Waals surface area contributed by atoms with E-state index in [2.05, 4.69) is 4.99 Å². The van der Waals surface area contributed by atoms with E-state index in [0.717, 1.165) is 38.5 Å². The van der Waals surface area contributed by atoms with Gasteiger partial charge in [0.25, 0.3) is 0 Å². The minimum absolute atomic E-state index is 0.150. The summed E-state index contributed by atoms with van der Waals surface area (Å²) in [7, 11) is 0. The van der Waals surface area contributed by atoms with Crippen molar-refractivity contribution in [2.75, 3.05) is 0 Å². The fraction of sp³-hybridized carbons (Fsp3) is 0.923. The van der Waals surface area contributed by atoms with Crippen molar-refractivity contribution in [2.45, 2.75) is 69.6 Å². The van der Waals surface area contributed by atoms with E-state index in [-0.39, 0.29) is 6.10 Å². The van der Waals surface area contributed by atoms with E-state index in [9.17, 15) is 5.11 Å². The van der Waals surface area contributed by atoms with Gasteiger partial charge in [0.15, 0.2) is 0 Å². The van der Waals surface area contributed by atoms with Crippen LogP contribution in [-0.4, -0.2) is 29.5 Å². The Morgan fingerprint density at radius 1 is 1.00 bits per heavy atom. The number of nitrogens with two attached hydrogens (primary N) is 1. The Bertz CT molecular complexity index is 234. The van der Waals surface area contributed by atoms with Crippen LogP contribution in [0.25, 0.3) is 0 Å². The lowest BCUT2D eigenvalue weighted by Crippen LogP contribution is -2.29. The van der Waals surface area contributed by atoms with Gasteiger partial charge in [-0.15, -0.1) is 0 Å². The van der Waals surface area contributed by atoms with Crippen LogP contribution in [-0.2, 0) is 0 Å². The molecule has 3 heteroatoms. The van der Waals surface area contributed by atoms with Crippen molar-refractivity contribution in [3.05, 3.63) is 0 Å². The number of nitrogens with zero attached hydrogens (tertiary/aromatic N) is 1. The van der Waals surface area contributed by atoms with E-state index in [4.69, 9.17) is 5.73 Å². The molecule has 2 fully saturated rings. The largest absolute Gasteiger partial charge is 0.392 e. The Labute approximate surface area is 98.1 Å². The molecule has 0 aromatic carbocycles. The molecule has 0 aromatic heterocycles. The lowest BCUT2D eigenvalue weighted by molar-refractivity contribution is 0.103. The van der Waals surface area contributed by atoms with Crippen molar-refractivity contribution >= 4 is 6.21 Å². The third-order valence-electron chi connectivity index (χ3n) is 4.01. The average Bonchev–Trinajstić information content (AvgIpc) is 2.30.